The van der Waals surface area contributed by atoms with E-state index < -0.39 is 5.82 Å². The molecular weight excluding hydrogens is 296 g/mol. The largest absolute Gasteiger partial charge is 0.339 e. The number of anilines is 2. The lowest BCUT2D eigenvalue weighted by Crippen LogP contribution is -1.95. The molecule has 0 amide bonds. The third-order valence-electron chi connectivity index (χ3n) is 1.85. The first kappa shape index (κ1) is 11.3. The average Bonchev–Trinajstić information content (AvgIpc) is 2.27. The molecule has 0 spiro atoms. The van der Waals surface area contributed by atoms with Crippen molar-refractivity contribution in [3.8, 4) is 0 Å². The van der Waals surface area contributed by atoms with Gasteiger partial charge in [0, 0.05) is 11.9 Å². The highest BCUT2D eigenvalue weighted by molar-refractivity contribution is 9.10. The molecule has 6 heteroatoms. The first-order chi connectivity index (χ1) is 7.66. The molecular formula is C10H6BrClFN3. The predicted octanol–water partition coefficient (Wildman–Crippen LogP) is 3.78. The zero-order valence-corrected chi connectivity index (χ0v) is 10.3. The molecule has 0 saturated heterocycles. The molecule has 2 rings (SSSR count). The Balaban J connectivity index is 2.28. The lowest BCUT2D eigenvalue weighted by atomic mass is 10.3. The standard InChI is InChI=1S/C10H6BrClFN3/c11-7-4-14-5-15-10(7)16-6-1-2-9(13)8(12)3-6/h1-5H,(H,14,15,16). The minimum atomic E-state index is -0.450. The van der Waals surface area contributed by atoms with Crippen molar-refractivity contribution in [1.82, 2.24) is 9.97 Å². The van der Waals surface area contributed by atoms with Gasteiger partial charge in [-0.3, -0.25) is 0 Å². The summed E-state index contributed by atoms with van der Waals surface area (Å²) in [7, 11) is 0. The first-order valence-electron chi connectivity index (χ1n) is 4.34. The van der Waals surface area contributed by atoms with Gasteiger partial charge in [-0.2, -0.15) is 0 Å². The van der Waals surface area contributed by atoms with Gasteiger partial charge in [-0.05, 0) is 34.1 Å². The topological polar surface area (TPSA) is 37.8 Å². The number of hydrogen-bond donors (Lipinski definition) is 1. The smallest absolute Gasteiger partial charge is 0.148 e. The quantitative estimate of drug-likeness (QED) is 0.917. The lowest BCUT2D eigenvalue weighted by Gasteiger charge is -2.07. The Kier molecular flexibility index (Phi) is 3.36. The van der Waals surface area contributed by atoms with Gasteiger partial charge in [0.2, 0.25) is 0 Å². The molecule has 1 heterocycles. The van der Waals surface area contributed by atoms with Gasteiger partial charge in [-0.25, -0.2) is 14.4 Å². The summed E-state index contributed by atoms with van der Waals surface area (Å²) in [5.41, 5.74) is 0.658. The van der Waals surface area contributed by atoms with E-state index in [0.29, 0.717) is 11.5 Å². The van der Waals surface area contributed by atoms with Crippen LogP contribution >= 0.6 is 27.5 Å². The zero-order valence-electron chi connectivity index (χ0n) is 7.92. The summed E-state index contributed by atoms with van der Waals surface area (Å²) in [5.74, 6) is 0.145. The van der Waals surface area contributed by atoms with E-state index in [1.165, 1.54) is 18.5 Å². The second kappa shape index (κ2) is 4.76. The molecule has 16 heavy (non-hydrogen) atoms. The van der Waals surface area contributed by atoms with Gasteiger partial charge in [0.1, 0.15) is 18.0 Å². The van der Waals surface area contributed by atoms with Gasteiger partial charge in [-0.1, -0.05) is 11.6 Å². The van der Waals surface area contributed by atoms with Crippen LogP contribution < -0.4 is 5.32 Å². The van der Waals surface area contributed by atoms with Crippen LogP contribution in [0.2, 0.25) is 5.02 Å². The number of nitrogens with zero attached hydrogens (tertiary/aromatic N) is 2. The van der Waals surface area contributed by atoms with Crippen molar-refractivity contribution in [1.29, 1.82) is 0 Å². The Labute approximate surface area is 105 Å². The van der Waals surface area contributed by atoms with Crippen LogP contribution in [0.25, 0.3) is 0 Å². The number of nitrogens with one attached hydrogen (secondary N) is 1. The second-order valence-electron chi connectivity index (χ2n) is 2.97. The first-order valence-corrected chi connectivity index (χ1v) is 5.51. The molecule has 0 saturated carbocycles. The van der Waals surface area contributed by atoms with Crippen LogP contribution in [0.3, 0.4) is 0 Å². The summed E-state index contributed by atoms with van der Waals surface area (Å²) in [6.07, 6.45) is 3.03. The van der Waals surface area contributed by atoms with E-state index in [1.807, 2.05) is 0 Å². The SMILES string of the molecule is Fc1ccc(Nc2ncncc2Br)cc1Cl. The van der Waals surface area contributed by atoms with E-state index in [1.54, 1.807) is 12.3 Å². The van der Waals surface area contributed by atoms with Gasteiger partial charge in [0.05, 0.1) is 9.50 Å². The van der Waals surface area contributed by atoms with Crippen LogP contribution in [-0.4, -0.2) is 9.97 Å². The monoisotopic (exact) mass is 301 g/mol. The van der Waals surface area contributed by atoms with Crippen molar-refractivity contribution in [2.45, 2.75) is 0 Å². The maximum absolute atomic E-state index is 12.9. The van der Waals surface area contributed by atoms with E-state index >= 15 is 0 Å². The summed E-state index contributed by atoms with van der Waals surface area (Å²) in [6, 6.07) is 4.36. The minimum Gasteiger partial charge on any atom is -0.339 e. The Hall–Kier alpha value is -1.20. The van der Waals surface area contributed by atoms with E-state index in [2.05, 4.69) is 31.2 Å². The summed E-state index contributed by atoms with van der Waals surface area (Å²) >= 11 is 8.95. The molecule has 1 aromatic carbocycles. The summed E-state index contributed by atoms with van der Waals surface area (Å²) in [5, 5.41) is 3.06. The van der Waals surface area contributed by atoms with Gasteiger partial charge < -0.3 is 5.32 Å². The lowest BCUT2D eigenvalue weighted by molar-refractivity contribution is 0.628. The van der Waals surface area contributed by atoms with Crippen molar-refractivity contribution in [2.24, 2.45) is 0 Å². The number of aromatic nitrogens is 2. The van der Waals surface area contributed by atoms with Crippen LogP contribution in [0.5, 0.6) is 0 Å². The molecule has 0 atom stereocenters. The van der Waals surface area contributed by atoms with Crippen LogP contribution in [0, 0.1) is 5.82 Å². The van der Waals surface area contributed by atoms with Crippen molar-refractivity contribution in [3.05, 3.63) is 46.0 Å². The molecule has 1 aromatic heterocycles. The van der Waals surface area contributed by atoms with Crippen LogP contribution in [-0.2, 0) is 0 Å². The highest BCUT2D eigenvalue weighted by atomic mass is 79.9. The number of hydrogen-bond acceptors (Lipinski definition) is 3. The Morgan fingerprint density at radius 3 is 2.88 bits per heavy atom. The van der Waals surface area contributed by atoms with Crippen molar-refractivity contribution < 1.29 is 4.39 Å². The van der Waals surface area contributed by atoms with Crippen molar-refractivity contribution in [2.75, 3.05) is 5.32 Å². The number of halogens is 3. The Morgan fingerprint density at radius 1 is 1.38 bits per heavy atom. The molecule has 0 unspecified atom stereocenters. The third-order valence-corrected chi connectivity index (χ3v) is 2.72. The number of rotatable bonds is 2. The molecule has 1 N–H and O–H groups in total. The van der Waals surface area contributed by atoms with E-state index in [-0.39, 0.29) is 5.02 Å². The maximum Gasteiger partial charge on any atom is 0.148 e. The molecule has 0 aliphatic carbocycles. The number of benzene rings is 1. The molecule has 0 bridgehead atoms. The van der Waals surface area contributed by atoms with E-state index in [4.69, 9.17) is 11.6 Å². The molecule has 0 aliphatic rings. The van der Waals surface area contributed by atoms with Crippen LogP contribution in [0.15, 0.2) is 35.2 Å². The fourth-order valence-electron chi connectivity index (χ4n) is 1.12. The highest BCUT2D eigenvalue weighted by Crippen LogP contribution is 2.25. The summed E-state index contributed by atoms with van der Waals surface area (Å²) in [4.78, 5) is 7.85. The van der Waals surface area contributed by atoms with Gasteiger partial charge >= 0.3 is 0 Å². The van der Waals surface area contributed by atoms with E-state index in [9.17, 15) is 4.39 Å². The predicted molar refractivity (Wildman–Crippen MR) is 64.4 cm³/mol. The van der Waals surface area contributed by atoms with Crippen molar-refractivity contribution >= 4 is 39.0 Å². The molecule has 0 radical (unpaired) electrons. The van der Waals surface area contributed by atoms with Gasteiger partial charge in [0.25, 0.3) is 0 Å². The highest BCUT2D eigenvalue weighted by Gasteiger charge is 2.04. The average molecular weight is 303 g/mol. The van der Waals surface area contributed by atoms with Gasteiger partial charge in [-0.15, -0.1) is 0 Å². The Bertz CT molecular complexity index is 521. The molecule has 82 valence electrons. The van der Waals surface area contributed by atoms with Crippen LogP contribution in [0.4, 0.5) is 15.9 Å². The van der Waals surface area contributed by atoms with Crippen LogP contribution in [0.1, 0.15) is 0 Å². The maximum atomic E-state index is 12.9. The summed E-state index contributed by atoms with van der Waals surface area (Å²) in [6.45, 7) is 0. The normalized spacial score (nSPS) is 10.2. The fourth-order valence-corrected chi connectivity index (χ4v) is 1.62. The van der Waals surface area contributed by atoms with Gasteiger partial charge in [0.15, 0.2) is 0 Å². The van der Waals surface area contributed by atoms with E-state index in [0.717, 1.165) is 4.47 Å². The van der Waals surface area contributed by atoms with Crippen molar-refractivity contribution in [3.63, 3.8) is 0 Å². The fraction of sp³-hybridized carbons (Fsp3) is 0. The Morgan fingerprint density at radius 2 is 2.19 bits per heavy atom. The second-order valence-corrected chi connectivity index (χ2v) is 4.23. The molecule has 0 fully saturated rings. The molecule has 2 aromatic rings. The molecule has 0 aliphatic heterocycles. The third kappa shape index (κ3) is 2.48. The summed E-state index contributed by atoms with van der Waals surface area (Å²) < 4.78 is 13.6. The zero-order chi connectivity index (χ0) is 11.5. The molecule has 3 nitrogen and oxygen atoms in total. The minimum absolute atomic E-state index is 0.0650.